The van der Waals surface area contributed by atoms with Crippen molar-refractivity contribution in [2.45, 2.75) is 83.8 Å². The number of hydrogen-bond donors (Lipinski definition) is 1. The van der Waals surface area contributed by atoms with Gasteiger partial charge in [0.15, 0.2) is 30.2 Å². The van der Waals surface area contributed by atoms with Crippen LogP contribution >= 0.6 is 0 Å². The highest BCUT2D eigenvalue weighted by atomic mass is 16.7. The first-order valence-corrected chi connectivity index (χ1v) is 11.2. The average Bonchev–Trinajstić information content (AvgIpc) is 2.74. The summed E-state index contributed by atoms with van der Waals surface area (Å²) in [4.78, 5) is 70.7. The van der Waals surface area contributed by atoms with Crippen LogP contribution in [0.1, 0.15) is 41.0 Å². The Kier molecular flexibility index (Phi) is 10.1. The first-order valence-electron chi connectivity index (χ1n) is 11.2. The molecule has 0 spiro atoms. The third kappa shape index (κ3) is 7.85. The Morgan fingerprint density at radius 3 is 1.72 bits per heavy atom. The number of ether oxygens (including phenoxy) is 6. The number of aliphatic hydroxyl groups is 1. The molecule has 1 fully saturated rings. The van der Waals surface area contributed by atoms with Crippen LogP contribution in [0, 0.1) is 5.92 Å². The SMILES string of the molecule is CC(=O)OC[C@H]1O[C@H](C[C@@H]2C=CC(=O)[C@@H](O)[C@@H]2OC(C)=O)[C@H](OC(C)=O)[C@@H](OC(C)=O)[C@H]1OC(C)=O. The lowest BCUT2D eigenvalue weighted by Gasteiger charge is -2.45. The van der Waals surface area contributed by atoms with Crippen LogP contribution in [-0.4, -0.2) is 90.1 Å². The molecule has 36 heavy (non-hydrogen) atoms. The van der Waals surface area contributed by atoms with Gasteiger partial charge in [-0.1, -0.05) is 6.08 Å². The van der Waals surface area contributed by atoms with Crippen molar-refractivity contribution < 1.29 is 62.3 Å². The minimum Gasteiger partial charge on any atom is -0.463 e. The lowest BCUT2D eigenvalue weighted by atomic mass is 9.82. The van der Waals surface area contributed by atoms with Crippen LogP contribution in [-0.2, 0) is 57.2 Å². The van der Waals surface area contributed by atoms with Gasteiger partial charge in [-0.2, -0.15) is 0 Å². The average molecular weight is 514 g/mol. The first kappa shape index (κ1) is 28.9. The maximum absolute atomic E-state index is 12.0. The van der Waals surface area contributed by atoms with E-state index in [1.165, 1.54) is 6.08 Å². The van der Waals surface area contributed by atoms with E-state index < -0.39 is 90.9 Å². The van der Waals surface area contributed by atoms with Gasteiger partial charge in [0.25, 0.3) is 0 Å². The topological polar surface area (TPSA) is 178 Å². The predicted molar refractivity (Wildman–Crippen MR) is 116 cm³/mol. The lowest BCUT2D eigenvalue weighted by Crippen LogP contribution is -2.63. The number of esters is 5. The summed E-state index contributed by atoms with van der Waals surface area (Å²) in [5.74, 6) is -5.17. The van der Waals surface area contributed by atoms with E-state index in [-0.39, 0.29) is 6.42 Å². The fourth-order valence-electron chi connectivity index (χ4n) is 4.15. The van der Waals surface area contributed by atoms with Crippen LogP contribution in [0.2, 0.25) is 0 Å². The van der Waals surface area contributed by atoms with Crippen LogP contribution in [0.5, 0.6) is 0 Å². The monoisotopic (exact) mass is 514 g/mol. The van der Waals surface area contributed by atoms with Gasteiger partial charge in [0, 0.05) is 40.5 Å². The number of rotatable bonds is 8. The Bertz CT molecular complexity index is 910. The van der Waals surface area contributed by atoms with Gasteiger partial charge in [-0.3, -0.25) is 28.8 Å². The number of ketones is 1. The van der Waals surface area contributed by atoms with E-state index in [9.17, 15) is 33.9 Å². The molecule has 13 nitrogen and oxygen atoms in total. The molecular weight excluding hydrogens is 484 g/mol. The normalized spacial score (nSPS) is 31.7. The smallest absolute Gasteiger partial charge is 0.303 e. The Labute approximate surface area is 207 Å². The van der Waals surface area contributed by atoms with Gasteiger partial charge < -0.3 is 33.5 Å². The Morgan fingerprint density at radius 1 is 0.750 bits per heavy atom. The zero-order valence-electron chi connectivity index (χ0n) is 20.5. The minimum absolute atomic E-state index is 0.0993. The van der Waals surface area contributed by atoms with E-state index >= 15 is 0 Å². The molecule has 0 saturated carbocycles. The summed E-state index contributed by atoms with van der Waals surface area (Å²) in [5.41, 5.74) is 0. The standard InChI is InChI=1S/C23H30O13/c1-10(24)31-9-18-22(34-13(4)27)23(35-14(5)28)21(33-12(3)26)17(36-18)8-15-6-7-16(29)19(30)20(15)32-11(2)25/h6-7,15,17-23,30H,8-9H2,1-5H3/t15-,17+,18+,19+,20+,21-,22-,23+/m0/s1. The van der Waals surface area contributed by atoms with Crippen molar-refractivity contribution in [2.24, 2.45) is 5.92 Å². The minimum atomic E-state index is -1.64. The molecular formula is C23H30O13. The largest absolute Gasteiger partial charge is 0.463 e. The van der Waals surface area contributed by atoms with Crippen molar-refractivity contribution in [1.82, 2.24) is 0 Å². The first-order chi connectivity index (χ1) is 16.8. The molecule has 0 aromatic rings. The highest BCUT2D eigenvalue weighted by Crippen LogP contribution is 2.35. The Morgan fingerprint density at radius 2 is 1.22 bits per heavy atom. The van der Waals surface area contributed by atoms with E-state index in [1.807, 2.05) is 0 Å². The van der Waals surface area contributed by atoms with Gasteiger partial charge in [0.1, 0.15) is 18.8 Å². The van der Waals surface area contributed by atoms with Crippen molar-refractivity contribution in [1.29, 1.82) is 0 Å². The van der Waals surface area contributed by atoms with Crippen molar-refractivity contribution in [3.63, 3.8) is 0 Å². The number of hydrogen-bond acceptors (Lipinski definition) is 13. The zero-order valence-corrected chi connectivity index (χ0v) is 20.5. The maximum Gasteiger partial charge on any atom is 0.303 e. The third-order valence-corrected chi connectivity index (χ3v) is 5.43. The molecule has 1 heterocycles. The molecule has 13 heteroatoms. The highest BCUT2D eigenvalue weighted by Gasteiger charge is 2.53. The van der Waals surface area contributed by atoms with Gasteiger partial charge in [-0.15, -0.1) is 0 Å². The van der Waals surface area contributed by atoms with E-state index in [2.05, 4.69) is 0 Å². The summed E-state index contributed by atoms with van der Waals surface area (Å²) in [6.07, 6.45) is -6.71. The fraction of sp³-hybridized carbons (Fsp3) is 0.652. The summed E-state index contributed by atoms with van der Waals surface area (Å²) in [7, 11) is 0. The van der Waals surface area contributed by atoms with Crippen LogP contribution in [0.25, 0.3) is 0 Å². The molecule has 1 N–H and O–H groups in total. The van der Waals surface area contributed by atoms with Crippen molar-refractivity contribution in [2.75, 3.05) is 6.61 Å². The van der Waals surface area contributed by atoms with E-state index in [0.717, 1.165) is 40.7 Å². The van der Waals surface area contributed by atoms with E-state index in [4.69, 9.17) is 28.4 Å². The van der Waals surface area contributed by atoms with Crippen LogP contribution in [0.4, 0.5) is 0 Å². The molecule has 0 radical (unpaired) electrons. The molecule has 0 amide bonds. The molecule has 1 saturated heterocycles. The van der Waals surface area contributed by atoms with Crippen molar-refractivity contribution in [3.8, 4) is 0 Å². The Balaban J connectivity index is 2.49. The molecule has 200 valence electrons. The Hall–Kier alpha value is -3.32. The molecule has 0 aromatic heterocycles. The second-order valence-corrected chi connectivity index (χ2v) is 8.42. The summed E-state index contributed by atoms with van der Waals surface area (Å²) >= 11 is 0. The number of carbonyl (C=O) groups is 6. The summed E-state index contributed by atoms with van der Waals surface area (Å²) in [6, 6.07) is 0. The van der Waals surface area contributed by atoms with Gasteiger partial charge >= 0.3 is 29.8 Å². The van der Waals surface area contributed by atoms with Gasteiger partial charge in [0.2, 0.25) is 0 Å². The molecule has 1 aliphatic carbocycles. The van der Waals surface area contributed by atoms with Crippen LogP contribution in [0.15, 0.2) is 12.2 Å². The molecule has 2 rings (SSSR count). The molecule has 0 bridgehead atoms. The summed E-state index contributed by atoms with van der Waals surface area (Å²) < 4.78 is 32.3. The lowest BCUT2D eigenvalue weighted by molar-refractivity contribution is -0.255. The predicted octanol–water partition coefficient (Wildman–Crippen LogP) is -0.450. The fourth-order valence-corrected chi connectivity index (χ4v) is 4.15. The number of carbonyl (C=O) groups excluding carboxylic acids is 6. The van der Waals surface area contributed by atoms with Gasteiger partial charge in [-0.25, -0.2) is 0 Å². The summed E-state index contributed by atoms with van der Waals surface area (Å²) in [5, 5.41) is 10.3. The summed E-state index contributed by atoms with van der Waals surface area (Å²) in [6.45, 7) is 5.18. The second-order valence-electron chi connectivity index (χ2n) is 8.42. The molecule has 1 aliphatic heterocycles. The van der Waals surface area contributed by atoms with Crippen LogP contribution in [0.3, 0.4) is 0 Å². The maximum atomic E-state index is 12.0. The number of aliphatic hydroxyl groups excluding tert-OH is 1. The molecule has 0 aromatic carbocycles. The van der Waals surface area contributed by atoms with Gasteiger partial charge in [0.05, 0.1) is 6.10 Å². The van der Waals surface area contributed by atoms with Gasteiger partial charge in [-0.05, 0) is 12.5 Å². The van der Waals surface area contributed by atoms with Crippen molar-refractivity contribution >= 4 is 35.6 Å². The van der Waals surface area contributed by atoms with Crippen LogP contribution < -0.4 is 0 Å². The molecule has 2 aliphatic rings. The quantitative estimate of drug-likeness (QED) is 0.325. The molecule has 8 atom stereocenters. The third-order valence-electron chi connectivity index (χ3n) is 5.43. The van der Waals surface area contributed by atoms with E-state index in [0.29, 0.717) is 0 Å². The van der Waals surface area contributed by atoms with E-state index in [1.54, 1.807) is 0 Å². The van der Waals surface area contributed by atoms with Crippen molar-refractivity contribution in [3.05, 3.63) is 12.2 Å². The zero-order chi connectivity index (χ0) is 27.2. The second kappa shape index (κ2) is 12.6. The molecule has 0 unspecified atom stereocenters. The highest BCUT2D eigenvalue weighted by molar-refractivity contribution is 5.95.